The highest BCUT2D eigenvalue weighted by atomic mass is 16.6. The first-order chi connectivity index (χ1) is 5.64. The summed E-state index contributed by atoms with van der Waals surface area (Å²) in [5.74, 6) is -0.955. The second-order valence-electron chi connectivity index (χ2n) is 3.59. The number of allylic oxidation sites excluding steroid dienone is 2. The number of esters is 2. The molecule has 1 aliphatic carbocycles. The van der Waals surface area contributed by atoms with Crippen LogP contribution in [0.5, 0.6) is 0 Å². The third-order valence-electron chi connectivity index (χ3n) is 2.79. The van der Waals surface area contributed by atoms with E-state index in [1.807, 2.05) is 12.2 Å². The maximum atomic E-state index is 11.3. The minimum Gasteiger partial charge on any atom is -0.392 e. The van der Waals surface area contributed by atoms with Gasteiger partial charge in [0.25, 0.3) is 0 Å². The number of fused-ring (bicyclic) bond motifs is 1. The molecule has 12 heavy (non-hydrogen) atoms. The molecule has 3 heteroatoms. The van der Waals surface area contributed by atoms with Crippen molar-refractivity contribution in [3.8, 4) is 0 Å². The topological polar surface area (TPSA) is 43.4 Å². The monoisotopic (exact) mass is 166 g/mol. The Labute approximate surface area is 70.4 Å². The fourth-order valence-corrected chi connectivity index (χ4v) is 1.82. The summed E-state index contributed by atoms with van der Waals surface area (Å²) in [7, 11) is 0. The highest BCUT2D eigenvalue weighted by molar-refractivity contribution is 5.99. The molecule has 2 atom stereocenters. The lowest BCUT2D eigenvalue weighted by molar-refractivity contribution is -0.155. The summed E-state index contributed by atoms with van der Waals surface area (Å²) >= 11 is 0. The summed E-state index contributed by atoms with van der Waals surface area (Å²) in [4.78, 5) is 22.4. The standard InChI is InChI=1S/C9H10O3/c1-9-5-3-2-4-6(9)7(10)12-8(9)11/h2-3,6H,4-5H2,1H3/t6-,9+/m0/s1. The Balaban J connectivity index is 2.41. The van der Waals surface area contributed by atoms with E-state index in [-0.39, 0.29) is 17.9 Å². The maximum absolute atomic E-state index is 11.3. The average Bonchev–Trinajstić information content (AvgIpc) is 2.25. The van der Waals surface area contributed by atoms with Crippen LogP contribution in [0, 0.1) is 11.3 Å². The highest BCUT2D eigenvalue weighted by Gasteiger charge is 2.53. The molecule has 64 valence electrons. The Morgan fingerprint density at radius 1 is 1.50 bits per heavy atom. The molecule has 2 aliphatic rings. The molecule has 3 nitrogen and oxygen atoms in total. The van der Waals surface area contributed by atoms with E-state index in [0.717, 1.165) is 0 Å². The number of rotatable bonds is 0. The van der Waals surface area contributed by atoms with E-state index in [2.05, 4.69) is 4.74 Å². The van der Waals surface area contributed by atoms with Gasteiger partial charge < -0.3 is 4.74 Å². The zero-order valence-electron chi connectivity index (χ0n) is 6.87. The molecule has 1 saturated heterocycles. The molecular formula is C9H10O3. The molecule has 0 aromatic rings. The van der Waals surface area contributed by atoms with Crippen LogP contribution in [0.1, 0.15) is 19.8 Å². The van der Waals surface area contributed by atoms with Gasteiger partial charge in [-0.3, -0.25) is 9.59 Å². The predicted octanol–water partition coefficient (Wildman–Crippen LogP) is 1.04. The smallest absolute Gasteiger partial charge is 0.320 e. The summed E-state index contributed by atoms with van der Waals surface area (Å²) in [6, 6.07) is 0. The van der Waals surface area contributed by atoms with Crippen molar-refractivity contribution in [2.24, 2.45) is 11.3 Å². The fraction of sp³-hybridized carbons (Fsp3) is 0.556. The number of hydrogen-bond donors (Lipinski definition) is 0. The van der Waals surface area contributed by atoms with Crippen molar-refractivity contribution in [3.05, 3.63) is 12.2 Å². The van der Waals surface area contributed by atoms with Crippen molar-refractivity contribution < 1.29 is 14.3 Å². The van der Waals surface area contributed by atoms with Crippen molar-refractivity contribution >= 4 is 11.9 Å². The van der Waals surface area contributed by atoms with Crippen LogP contribution in [-0.2, 0) is 14.3 Å². The van der Waals surface area contributed by atoms with Gasteiger partial charge in [0, 0.05) is 0 Å². The average molecular weight is 166 g/mol. The molecule has 0 aromatic heterocycles. The molecule has 0 radical (unpaired) electrons. The molecule has 0 saturated carbocycles. The van der Waals surface area contributed by atoms with Crippen LogP contribution >= 0.6 is 0 Å². The van der Waals surface area contributed by atoms with E-state index in [4.69, 9.17) is 0 Å². The van der Waals surface area contributed by atoms with Crippen LogP contribution < -0.4 is 0 Å². The van der Waals surface area contributed by atoms with E-state index in [0.29, 0.717) is 12.8 Å². The van der Waals surface area contributed by atoms with E-state index >= 15 is 0 Å². The number of hydrogen-bond acceptors (Lipinski definition) is 3. The Kier molecular flexibility index (Phi) is 1.37. The number of ether oxygens (including phenoxy) is 1. The largest absolute Gasteiger partial charge is 0.392 e. The van der Waals surface area contributed by atoms with Crippen LogP contribution in [-0.4, -0.2) is 11.9 Å². The minimum absolute atomic E-state index is 0.241. The van der Waals surface area contributed by atoms with Crippen molar-refractivity contribution in [3.63, 3.8) is 0 Å². The van der Waals surface area contributed by atoms with E-state index in [9.17, 15) is 9.59 Å². The maximum Gasteiger partial charge on any atom is 0.320 e. The molecule has 0 unspecified atom stereocenters. The van der Waals surface area contributed by atoms with E-state index in [1.54, 1.807) is 6.92 Å². The van der Waals surface area contributed by atoms with Gasteiger partial charge in [0.05, 0.1) is 11.3 Å². The molecule has 0 bridgehead atoms. The molecular weight excluding hydrogens is 156 g/mol. The SMILES string of the molecule is C[C@@]12CC=CC[C@H]1C(=O)OC2=O. The first-order valence-corrected chi connectivity index (χ1v) is 4.06. The number of carbonyl (C=O) groups excluding carboxylic acids is 2. The fourth-order valence-electron chi connectivity index (χ4n) is 1.82. The molecule has 1 aliphatic heterocycles. The van der Waals surface area contributed by atoms with Gasteiger partial charge in [-0.05, 0) is 19.8 Å². The van der Waals surface area contributed by atoms with Gasteiger partial charge in [0.2, 0.25) is 0 Å². The number of carbonyl (C=O) groups is 2. The molecule has 1 heterocycles. The third kappa shape index (κ3) is 0.763. The van der Waals surface area contributed by atoms with Crippen molar-refractivity contribution in [2.45, 2.75) is 19.8 Å². The van der Waals surface area contributed by atoms with Gasteiger partial charge in [-0.2, -0.15) is 0 Å². The Morgan fingerprint density at radius 3 is 2.92 bits per heavy atom. The second kappa shape index (κ2) is 2.19. The lowest BCUT2D eigenvalue weighted by Gasteiger charge is -2.25. The van der Waals surface area contributed by atoms with Crippen LogP contribution in [0.4, 0.5) is 0 Å². The van der Waals surface area contributed by atoms with Gasteiger partial charge in [-0.25, -0.2) is 0 Å². The summed E-state index contributed by atoms with van der Waals surface area (Å²) in [6.45, 7) is 1.80. The van der Waals surface area contributed by atoms with Gasteiger partial charge in [-0.15, -0.1) is 0 Å². The Hall–Kier alpha value is -1.12. The van der Waals surface area contributed by atoms with Crippen molar-refractivity contribution in [2.75, 3.05) is 0 Å². The third-order valence-corrected chi connectivity index (χ3v) is 2.79. The molecule has 2 rings (SSSR count). The summed E-state index contributed by atoms with van der Waals surface area (Å²) in [6.07, 6.45) is 5.14. The molecule has 0 spiro atoms. The molecule has 1 fully saturated rings. The van der Waals surface area contributed by atoms with Crippen LogP contribution in [0.15, 0.2) is 12.2 Å². The Morgan fingerprint density at radius 2 is 2.25 bits per heavy atom. The van der Waals surface area contributed by atoms with Gasteiger partial charge in [-0.1, -0.05) is 12.2 Å². The zero-order valence-corrected chi connectivity index (χ0v) is 6.87. The van der Waals surface area contributed by atoms with Crippen LogP contribution in [0.25, 0.3) is 0 Å². The summed E-state index contributed by atoms with van der Waals surface area (Å²) < 4.78 is 4.59. The molecule has 0 aromatic carbocycles. The van der Waals surface area contributed by atoms with Gasteiger partial charge in [0.1, 0.15) is 0 Å². The number of cyclic esters (lactones) is 2. The zero-order chi connectivity index (χ0) is 8.77. The first kappa shape index (κ1) is 7.53. The molecule has 0 N–H and O–H groups in total. The van der Waals surface area contributed by atoms with Crippen molar-refractivity contribution in [1.82, 2.24) is 0 Å². The Bertz CT molecular complexity index is 279. The van der Waals surface area contributed by atoms with Crippen LogP contribution in [0.3, 0.4) is 0 Å². The van der Waals surface area contributed by atoms with Gasteiger partial charge in [0.15, 0.2) is 0 Å². The van der Waals surface area contributed by atoms with Gasteiger partial charge >= 0.3 is 11.9 Å². The summed E-state index contributed by atoms with van der Waals surface area (Å²) in [5.41, 5.74) is -0.578. The minimum atomic E-state index is -0.578. The van der Waals surface area contributed by atoms with E-state index < -0.39 is 5.41 Å². The highest BCUT2D eigenvalue weighted by Crippen LogP contribution is 2.44. The molecule has 0 amide bonds. The lowest BCUT2D eigenvalue weighted by Crippen LogP contribution is -2.31. The quantitative estimate of drug-likeness (QED) is 0.307. The second-order valence-corrected chi connectivity index (χ2v) is 3.59. The first-order valence-electron chi connectivity index (χ1n) is 4.06. The summed E-state index contributed by atoms with van der Waals surface area (Å²) in [5, 5.41) is 0. The van der Waals surface area contributed by atoms with E-state index in [1.165, 1.54) is 0 Å². The lowest BCUT2D eigenvalue weighted by atomic mass is 9.72. The predicted molar refractivity (Wildman–Crippen MR) is 41.1 cm³/mol. The normalized spacial score (nSPS) is 39.6. The van der Waals surface area contributed by atoms with Crippen molar-refractivity contribution in [1.29, 1.82) is 0 Å². The van der Waals surface area contributed by atoms with Crippen LogP contribution in [0.2, 0.25) is 0 Å².